The van der Waals surface area contributed by atoms with Crippen LogP contribution in [-0.2, 0) is 0 Å². The topological polar surface area (TPSA) is 42.3 Å². The molecule has 33 heavy (non-hydrogen) atoms. The molecule has 5 nitrogen and oxygen atoms in total. The SMILES string of the molecule is COc1ccc(N2C(=S)N[C@@H](c3ccccn3)[C@@H]2c2cccn2-c2cccc(F)c2)cc1Cl. The average Bonchev–Trinajstić information content (AvgIpc) is 3.44. The summed E-state index contributed by atoms with van der Waals surface area (Å²) in [4.78, 5) is 6.60. The summed E-state index contributed by atoms with van der Waals surface area (Å²) in [7, 11) is 1.58. The van der Waals surface area contributed by atoms with E-state index < -0.39 is 0 Å². The van der Waals surface area contributed by atoms with E-state index in [0.717, 1.165) is 22.8 Å². The third kappa shape index (κ3) is 3.94. The molecule has 8 heteroatoms. The maximum absolute atomic E-state index is 14.0. The van der Waals surface area contributed by atoms with E-state index in [0.29, 0.717) is 15.9 Å². The Hall–Kier alpha value is -3.42. The first-order chi connectivity index (χ1) is 16.1. The van der Waals surface area contributed by atoms with Crippen LogP contribution in [0.4, 0.5) is 10.1 Å². The molecule has 5 rings (SSSR count). The lowest BCUT2D eigenvalue weighted by Gasteiger charge is -2.29. The standard InChI is InChI=1S/C25H20ClFN4OS/c1-32-22-11-10-18(15-19(22)26)31-24(23(29-25(31)33)20-8-2-3-12-28-20)21-9-5-13-30(21)17-7-4-6-16(27)14-17/h2-15,23-24H,1H3,(H,29,33)/t23-,24-/m0/s1. The summed E-state index contributed by atoms with van der Waals surface area (Å²) in [5.41, 5.74) is 3.31. The highest BCUT2D eigenvalue weighted by molar-refractivity contribution is 7.80. The van der Waals surface area contributed by atoms with Crippen LogP contribution in [0.2, 0.25) is 5.02 Å². The summed E-state index contributed by atoms with van der Waals surface area (Å²) >= 11 is 12.2. The minimum Gasteiger partial charge on any atom is -0.495 e. The Balaban J connectivity index is 1.67. The fourth-order valence-corrected chi connectivity index (χ4v) is 4.83. The molecule has 0 unspecified atom stereocenters. The number of nitrogens with zero attached hydrogens (tertiary/aromatic N) is 3. The lowest BCUT2D eigenvalue weighted by molar-refractivity contribution is 0.415. The van der Waals surface area contributed by atoms with Gasteiger partial charge in [-0.05, 0) is 72.9 Å². The first-order valence-electron chi connectivity index (χ1n) is 10.3. The molecule has 0 aliphatic carbocycles. The Labute approximate surface area is 201 Å². The van der Waals surface area contributed by atoms with E-state index in [1.807, 2.05) is 70.3 Å². The zero-order valence-corrected chi connectivity index (χ0v) is 19.2. The fourth-order valence-electron chi connectivity index (χ4n) is 4.23. The van der Waals surface area contributed by atoms with Gasteiger partial charge < -0.3 is 19.5 Å². The number of halogens is 2. The van der Waals surface area contributed by atoms with Gasteiger partial charge in [0.25, 0.3) is 0 Å². The van der Waals surface area contributed by atoms with Crippen LogP contribution >= 0.6 is 23.8 Å². The van der Waals surface area contributed by atoms with Gasteiger partial charge >= 0.3 is 0 Å². The largest absolute Gasteiger partial charge is 0.495 e. The Bertz CT molecular complexity index is 1310. The molecule has 1 aliphatic rings. The van der Waals surface area contributed by atoms with Crippen LogP contribution in [0, 0.1) is 5.82 Å². The highest BCUT2D eigenvalue weighted by Crippen LogP contribution is 2.43. The molecule has 0 amide bonds. The Kier molecular flexibility index (Phi) is 5.74. The molecule has 1 aliphatic heterocycles. The van der Waals surface area contributed by atoms with Crippen molar-refractivity contribution < 1.29 is 9.13 Å². The van der Waals surface area contributed by atoms with Crippen molar-refractivity contribution in [3.63, 3.8) is 0 Å². The van der Waals surface area contributed by atoms with E-state index in [1.54, 1.807) is 19.4 Å². The van der Waals surface area contributed by atoms with Gasteiger partial charge in [0.05, 0.1) is 23.9 Å². The number of methoxy groups -OCH3 is 1. The van der Waals surface area contributed by atoms with Crippen LogP contribution in [0.1, 0.15) is 23.5 Å². The van der Waals surface area contributed by atoms with Crippen LogP contribution < -0.4 is 15.0 Å². The second kappa shape index (κ2) is 8.84. The number of anilines is 1. The molecular weight excluding hydrogens is 459 g/mol. The molecule has 2 aromatic carbocycles. The van der Waals surface area contributed by atoms with Gasteiger partial charge in [-0.1, -0.05) is 23.7 Å². The van der Waals surface area contributed by atoms with Crippen molar-refractivity contribution in [1.29, 1.82) is 0 Å². The zero-order valence-electron chi connectivity index (χ0n) is 17.7. The molecule has 1 fully saturated rings. The van der Waals surface area contributed by atoms with E-state index in [1.165, 1.54) is 12.1 Å². The Morgan fingerprint density at radius 1 is 1.03 bits per heavy atom. The van der Waals surface area contributed by atoms with Crippen molar-refractivity contribution in [3.8, 4) is 11.4 Å². The number of aromatic nitrogens is 2. The van der Waals surface area contributed by atoms with Gasteiger partial charge in [-0.15, -0.1) is 0 Å². The molecule has 0 saturated carbocycles. The molecule has 1 N–H and O–H groups in total. The fraction of sp³-hybridized carbons (Fsp3) is 0.120. The van der Waals surface area contributed by atoms with E-state index in [2.05, 4.69) is 10.3 Å². The lowest BCUT2D eigenvalue weighted by Crippen LogP contribution is -2.30. The van der Waals surface area contributed by atoms with Crippen LogP contribution in [0.3, 0.4) is 0 Å². The predicted molar refractivity (Wildman–Crippen MR) is 132 cm³/mol. The van der Waals surface area contributed by atoms with E-state index in [4.69, 9.17) is 28.6 Å². The van der Waals surface area contributed by atoms with Gasteiger partial charge in [0.1, 0.15) is 17.6 Å². The van der Waals surface area contributed by atoms with Crippen molar-refractivity contribution in [2.75, 3.05) is 12.0 Å². The van der Waals surface area contributed by atoms with Crippen LogP contribution in [-0.4, -0.2) is 21.8 Å². The van der Waals surface area contributed by atoms with Crippen molar-refractivity contribution in [1.82, 2.24) is 14.9 Å². The summed E-state index contributed by atoms with van der Waals surface area (Å²) in [6, 6.07) is 21.3. The van der Waals surface area contributed by atoms with Crippen LogP contribution in [0.25, 0.3) is 5.69 Å². The van der Waals surface area contributed by atoms with Crippen molar-refractivity contribution in [3.05, 3.63) is 107 Å². The van der Waals surface area contributed by atoms with Gasteiger partial charge in [-0.3, -0.25) is 4.98 Å². The van der Waals surface area contributed by atoms with E-state index in [9.17, 15) is 4.39 Å². The minimum absolute atomic E-state index is 0.234. The molecule has 3 heterocycles. The quantitative estimate of drug-likeness (QED) is 0.364. The zero-order chi connectivity index (χ0) is 22.9. The summed E-state index contributed by atoms with van der Waals surface area (Å²) in [6.07, 6.45) is 3.68. The lowest BCUT2D eigenvalue weighted by atomic mass is 10.0. The van der Waals surface area contributed by atoms with E-state index in [-0.39, 0.29) is 17.9 Å². The smallest absolute Gasteiger partial charge is 0.174 e. The third-order valence-corrected chi connectivity index (χ3v) is 6.29. The number of benzene rings is 2. The minimum atomic E-state index is -0.299. The first-order valence-corrected chi connectivity index (χ1v) is 11.1. The summed E-state index contributed by atoms with van der Waals surface area (Å²) in [5.74, 6) is 0.284. The number of thiocarbonyl (C=S) groups is 1. The number of ether oxygens (including phenoxy) is 1. The van der Waals surface area contributed by atoms with Gasteiger partial charge in [-0.2, -0.15) is 0 Å². The Morgan fingerprint density at radius 3 is 2.64 bits per heavy atom. The Morgan fingerprint density at radius 2 is 1.91 bits per heavy atom. The highest BCUT2D eigenvalue weighted by Gasteiger charge is 2.42. The predicted octanol–water partition coefficient (Wildman–Crippen LogP) is 5.85. The first kappa shape index (κ1) is 21.4. The van der Waals surface area contributed by atoms with Crippen LogP contribution in [0.15, 0.2) is 85.2 Å². The molecule has 1 saturated heterocycles. The normalized spacial score (nSPS) is 17.8. The third-order valence-electron chi connectivity index (χ3n) is 5.68. The van der Waals surface area contributed by atoms with Crippen molar-refractivity contribution >= 4 is 34.6 Å². The molecule has 166 valence electrons. The monoisotopic (exact) mass is 478 g/mol. The summed E-state index contributed by atoms with van der Waals surface area (Å²) < 4.78 is 21.3. The second-order valence-corrected chi connectivity index (χ2v) is 8.39. The van der Waals surface area contributed by atoms with Crippen molar-refractivity contribution in [2.45, 2.75) is 12.1 Å². The van der Waals surface area contributed by atoms with Gasteiger partial charge in [0.15, 0.2) is 5.11 Å². The number of hydrogen-bond acceptors (Lipinski definition) is 3. The maximum atomic E-state index is 14.0. The summed E-state index contributed by atoms with van der Waals surface area (Å²) in [6.45, 7) is 0. The number of nitrogens with one attached hydrogen (secondary N) is 1. The highest BCUT2D eigenvalue weighted by atomic mass is 35.5. The molecule has 0 radical (unpaired) electrons. The number of rotatable bonds is 5. The number of pyridine rings is 1. The molecule has 2 atom stereocenters. The van der Waals surface area contributed by atoms with Crippen molar-refractivity contribution in [2.24, 2.45) is 0 Å². The average molecular weight is 479 g/mol. The summed E-state index contributed by atoms with van der Waals surface area (Å²) in [5, 5.41) is 4.46. The van der Waals surface area contributed by atoms with Crippen LogP contribution in [0.5, 0.6) is 5.75 Å². The molecule has 0 spiro atoms. The van der Waals surface area contributed by atoms with Gasteiger partial charge in [-0.25, -0.2) is 4.39 Å². The van der Waals surface area contributed by atoms with Gasteiger partial charge in [0, 0.05) is 29.5 Å². The molecule has 4 aromatic rings. The molecule has 0 bridgehead atoms. The van der Waals surface area contributed by atoms with Gasteiger partial charge in [0.2, 0.25) is 0 Å². The molecular formula is C25H20ClFN4OS. The second-order valence-electron chi connectivity index (χ2n) is 7.60. The number of hydrogen-bond donors (Lipinski definition) is 1. The molecule has 2 aromatic heterocycles. The van der Waals surface area contributed by atoms with E-state index >= 15 is 0 Å². The maximum Gasteiger partial charge on any atom is 0.174 e.